The van der Waals surface area contributed by atoms with Crippen molar-refractivity contribution in [3.8, 4) is 5.75 Å². The molecule has 1 rings (SSSR count). The topological polar surface area (TPSA) is 26.3 Å². The number of hydrogen-bond acceptors (Lipinski definition) is 2. The molecule has 0 heterocycles. The van der Waals surface area contributed by atoms with Crippen molar-refractivity contribution in [2.45, 2.75) is 13.5 Å². The number of carbonyl (C=O) groups excluding carboxylic acids is 1. The largest absolute Gasteiger partial charge is 0.434 e. The van der Waals surface area contributed by atoms with Gasteiger partial charge in [-0.2, -0.15) is 8.78 Å². The van der Waals surface area contributed by atoms with E-state index >= 15 is 0 Å². The zero-order chi connectivity index (χ0) is 11.3. The van der Waals surface area contributed by atoms with E-state index in [-0.39, 0.29) is 11.5 Å². The zero-order valence-electron chi connectivity index (χ0n) is 8.11. The first-order valence-electron chi connectivity index (χ1n) is 4.32. The number of benzene rings is 1. The predicted octanol–water partition coefficient (Wildman–Crippen LogP) is 2.89. The maximum absolute atomic E-state index is 12.0. The van der Waals surface area contributed by atoms with Crippen LogP contribution in [0.25, 0.3) is 6.08 Å². The molecule has 0 spiro atoms. The van der Waals surface area contributed by atoms with Crippen LogP contribution < -0.4 is 4.74 Å². The molecule has 1 aromatic carbocycles. The lowest BCUT2D eigenvalue weighted by Crippen LogP contribution is -2.02. The Labute approximate surface area is 86.2 Å². The summed E-state index contributed by atoms with van der Waals surface area (Å²) in [4.78, 5) is 10.7. The van der Waals surface area contributed by atoms with Crippen LogP contribution in [0.4, 0.5) is 8.78 Å². The van der Waals surface area contributed by atoms with Gasteiger partial charge in [-0.15, -0.1) is 0 Å². The number of hydrogen-bond donors (Lipinski definition) is 0. The van der Waals surface area contributed by atoms with E-state index in [1.54, 1.807) is 18.2 Å². The minimum atomic E-state index is -2.86. The van der Waals surface area contributed by atoms with Crippen molar-refractivity contribution in [3.63, 3.8) is 0 Å². The molecule has 0 aliphatic rings. The molecule has 0 aromatic heterocycles. The van der Waals surface area contributed by atoms with Gasteiger partial charge in [0.1, 0.15) is 5.75 Å². The highest BCUT2D eigenvalue weighted by molar-refractivity contribution is 5.91. The van der Waals surface area contributed by atoms with Crippen molar-refractivity contribution in [1.29, 1.82) is 0 Å². The SMILES string of the molecule is CC(=O)/C=C/c1ccccc1OC(F)F. The first kappa shape index (κ1) is 11.4. The maximum Gasteiger partial charge on any atom is 0.387 e. The van der Waals surface area contributed by atoms with Crippen molar-refractivity contribution < 1.29 is 18.3 Å². The Morgan fingerprint density at radius 2 is 2.07 bits per heavy atom. The van der Waals surface area contributed by atoms with Crippen LogP contribution in [-0.2, 0) is 4.79 Å². The molecular weight excluding hydrogens is 202 g/mol. The van der Waals surface area contributed by atoms with Gasteiger partial charge < -0.3 is 4.74 Å². The Hall–Kier alpha value is -1.71. The van der Waals surface area contributed by atoms with Gasteiger partial charge in [0.05, 0.1) is 0 Å². The fourth-order valence-electron chi connectivity index (χ4n) is 1.03. The van der Waals surface area contributed by atoms with Crippen LogP contribution in [0.5, 0.6) is 5.75 Å². The second-order valence-corrected chi connectivity index (χ2v) is 2.86. The molecule has 0 saturated carbocycles. The third-order valence-electron chi connectivity index (χ3n) is 1.63. The summed E-state index contributed by atoms with van der Waals surface area (Å²) in [5.41, 5.74) is 0.452. The van der Waals surface area contributed by atoms with Crippen LogP contribution in [0, 0.1) is 0 Å². The lowest BCUT2D eigenvalue weighted by atomic mass is 10.2. The van der Waals surface area contributed by atoms with Gasteiger partial charge in [-0.1, -0.05) is 18.2 Å². The predicted molar refractivity (Wildman–Crippen MR) is 52.8 cm³/mol. The molecule has 80 valence electrons. The van der Waals surface area contributed by atoms with E-state index < -0.39 is 6.61 Å². The summed E-state index contributed by atoms with van der Waals surface area (Å²) in [5, 5.41) is 0. The summed E-state index contributed by atoms with van der Waals surface area (Å²) in [7, 11) is 0. The molecule has 0 N–H and O–H groups in total. The quantitative estimate of drug-likeness (QED) is 0.717. The molecule has 0 atom stereocenters. The first-order valence-corrected chi connectivity index (χ1v) is 4.32. The second kappa shape index (κ2) is 5.24. The Morgan fingerprint density at radius 1 is 1.40 bits per heavy atom. The van der Waals surface area contributed by atoms with E-state index in [0.29, 0.717) is 5.56 Å². The number of para-hydroxylation sites is 1. The summed E-state index contributed by atoms with van der Waals surface area (Å²) >= 11 is 0. The molecule has 15 heavy (non-hydrogen) atoms. The van der Waals surface area contributed by atoms with E-state index in [4.69, 9.17) is 0 Å². The van der Waals surface area contributed by atoms with Gasteiger partial charge >= 0.3 is 6.61 Å². The van der Waals surface area contributed by atoms with Crippen LogP contribution in [0.2, 0.25) is 0 Å². The molecule has 0 unspecified atom stereocenters. The van der Waals surface area contributed by atoms with Gasteiger partial charge in [0.2, 0.25) is 0 Å². The van der Waals surface area contributed by atoms with Crippen LogP contribution in [0.1, 0.15) is 12.5 Å². The van der Waals surface area contributed by atoms with Crippen LogP contribution >= 0.6 is 0 Å². The number of allylic oxidation sites excluding steroid dienone is 1. The minimum absolute atomic E-state index is 0.0602. The number of ketones is 1. The summed E-state index contributed by atoms with van der Waals surface area (Å²) in [6.45, 7) is -1.48. The van der Waals surface area contributed by atoms with E-state index in [2.05, 4.69) is 4.74 Å². The van der Waals surface area contributed by atoms with Gasteiger partial charge in [0.15, 0.2) is 5.78 Å². The van der Waals surface area contributed by atoms with Gasteiger partial charge in [-0.3, -0.25) is 4.79 Å². The first-order chi connectivity index (χ1) is 7.09. The molecule has 0 radical (unpaired) electrons. The summed E-state index contributed by atoms with van der Waals surface area (Å²) in [6, 6.07) is 6.28. The van der Waals surface area contributed by atoms with E-state index in [9.17, 15) is 13.6 Å². The van der Waals surface area contributed by atoms with E-state index in [0.717, 1.165) is 0 Å². The van der Waals surface area contributed by atoms with Crippen molar-refractivity contribution in [2.75, 3.05) is 0 Å². The molecule has 0 aliphatic carbocycles. The van der Waals surface area contributed by atoms with Crippen LogP contribution in [0.3, 0.4) is 0 Å². The highest BCUT2D eigenvalue weighted by Gasteiger charge is 2.06. The van der Waals surface area contributed by atoms with Crippen molar-refractivity contribution in [3.05, 3.63) is 35.9 Å². The molecule has 0 fully saturated rings. The monoisotopic (exact) mass is 212 g/mol. The Kier molecular flexibility index (Phi) is 3.97. The van der Waals surface area contributed by atoms with Gasteiger partial charge in [0.25, 0.3) is 0 Å². The third-order valence-corrected chi connectivity index (χ3v) is 1.63. The van der Waals surface area contributed by atoms with Crippen molar-refractivity contribution in [2.24, 2.45) is 0 Å². The highest BCUT2D eigenvalue weighted by atomic mass is 19.3. The van der Waals surface area contributed by atoms with E-state index in [1.807, 2.05) is 0 Å². The van der Waals surface area contributed by atoms with Crippen LogP contribution in [0.15, 0.2) is 30.3 Å². The van der Waals surface area contributed by atoms with Gasteiger partial charge in [0, 0.05) is 5.56 Å². The molecule has 2 nitrogen and oxygen atoms in total. The number of carbonyl (C=O) groups is 1. The zero-order valence-corrected chi connectivity index (χ0v) is 8.11. The highest BCUT2D eigenvalue weighted by Crippen LogP contribution is 2.21. The number of ether oxygens (including phenoxy) is 1. The Morgan fingerprint density at radius 3 is 2.67 bits per heavy atom. The number of alkyl halides is 2. The van der Waals surface area contributed by atoms with Crippen LogP contribution in [-0.4, -0.2) is 12.4 Å². The minimum Gasteiger partial charge on any atom is -0.434 e. The lowest BCUT2D eigenvalue weighted by Gasteiger charge is -2.06. The third kappa shape index (κ3) is 3.89. The molecule has 0 bridgehead atoms. The smallest absolute Gasteiger partial charge is 0.387 e. The van der Waals surface area contributed by atoms with Crippen molar-refractivity contribution >= 4 is 11.9 Å². The molecule has 0 amide bonds. The second-order valence-electron chi connectivity index (χ2n) is 2.86. The number of rotatable bonds is 4. The van der Waals surface area contributed by atoms with Gasteiger partial charge in [-0.25, -0.2) is 0 Å². The summed E-state index contributed by atoms with van der Waals surface area (Å²) in [5.74, 6) is -0.0909. The Balaban J connectivity index is 2.91. The normalized spacial score (nSPS) is 10.9. The maximum atomic E-state index is 12.0. The molecule has 4 heteroatoms. The number of halogens is 2. The average molecular weight is 212 g/mol. The standard InChI is InChI=1S/C11H10F2O2/c1-8(14)6-7-9-4-2-3-5-10(9)15-11(12)13/h2-7,11H,1H3/b7-6+. The van der Waals surface area contributed by atoms with Gasteiger partial charge in [-0.05, 0) is 25.1 Å². The van der Waals surface area contributed by atoms with Crippen molar-refractivity contribution in [1.82, 2.24) is 0 Å². The fraction of sp³-hybridized carbons (Fsp3) is 0.182. The molecule has 0 aliphatic heterocycles. The lowest BCUT2D eigenvalue weighted by molar-refractivity contribution is -0.112. The van der Waals surface area contributed by atoms with E-state index in [1.165, 1.54) is 25.1 Å². The molecule has 1 aromatic rings. The molecule has 0 saturated heterocycles. The Bertz CT molecular complexity index is 373. The summed E-state index contributed by atoms with van der Waals surface area (Å²) < 4.78 is 28.3. The summed E-state index contributed by atoms with van der Waals surface area (Å²) in [6.07, 6.45) is 2.74. The average Bonchev–Trinajstić information content (AvgIpc) is 2.15. The fourth-order valence-corrected chi connectivity index (χ4v) is 1.03. The molecular formula is C11H10F2O2.